The van der Waals surface area contributed by atoms with Crippen molar-refractivity contribution in [3.05, 3.63) is 72.8 Å². The number of phenolic OH excluding ortho intramolecular Hbond substituents is 1. The molecule has 1 fully saturated rings. The quantitative estimate of drug-likeness (QED) is 0.487. The van der Waals surface area contributed by atoms with Crippen molar-refractivity contribution in [1.29, 1.82) is 0 Å². The van der Waals surface area contributed by atoms with E-state index >= 15 is 0 Å². The van der Waals surface area contributed by atoms with E-state index < -0.39 is 0 Å². The summed E-state index contributed by atoms with van der Waals surface area (Å²) < 4.78 is 0. The smallest absolute Gasteiger partial charge is 0.165 e. The number of fused-ring (bicyclic) bond motifs is 1. The van der Waals surface area contributed by atoms with Crippen LogP contribution in [0.4, 0.5) is 5.82 Å². The molecule has 0 spiro atoms. The van der Waals surface area contributed by atoms with Gasteiger partial charge in [-0.3, -0.25) is 0 Å². The summed E-state index contributed by atoms with van der Waals surface area (Å²) >= 11 is 0. The monoisotopic (exact) mass is 382 g/mol. The Hall–Kier alpha value is -3.44. The van der Waals surface area contributed by atoms with Crippen molar-refractivity contribution in [2.24, 2.45) is 0 Å². The predicted molar refractivity (Wildman–Crippen MR) is 117 cm³/mol. The average Bonchev–Trinajstić information content (AvgIpc) is 3.27. The number of aromatic nitrogens is 2. The SMILES string of the molecule is Oc1ccccc1-c1nc(NC2CCNC2)c2ccc(-c3ccccc3)cc2n1. The first-order chi connectivity index (χ1) is 14.3. The van der Waals surface area contributed by atoms with Gasteiger partial charge in [0.15, 0.2) is 5.82 Å². The van der Waals surface area contributed by atoms with Gasteiger partial charge in [0, 0.05) is 18.0 Å². The third-order valence-corrected chi connectivity index (χ3v) is 5.35. The number of nitrogens with one attached hydrogen (secondary N) is 2. The molecule has 3 aromatic carbocycles. The minimum absolute atomic E-state index is 0.180. The fourth-order valence-electron chi connectivity index (χ4n) is 3.80. The number of hydrogen-bond acceptors (Lipinski definition) is 5. The van der Waals surface area contributed by atoms with Gasteiger partial charge in [-0.15, -0.1) is 0 Å². The van der Waals surface area contributed by atoms with Crippen LogP contribution in [0.15, 0.2) is 72.8 Å². The van der Waals surface area contributed by atoms with Crippen molar-refractivity contribution in [2.45, 2.75) is 12.5 Å². The van der Waals surface area contributed by atoms with E-state index in [2.05, 4.69) is 41.0 Å². The highest BCUT2D eigenvalue weighted by molar-refractivity contribution is 5.93. The highest BCUT2D eigenvalue weighted by Gasteiger charge is 2.18. The molecule has 1 aliphatic rings. The lowest BCUT2D eigenvalue weighted by molar-refractivity contribution is 0.477. The molecule has 2 heterocycles. The first-order valence-corrected chi connectivity index (χ1v) is 9.91. The average molecular weight is 382 g/mol. The fraction of sp³-hybridized carbons (Fsp3) is 0.167. The second-order valence-electron chi connectivity index (χ2n) is 7.34. The Bertz CT molecular complexity index is 1150. The molecular formula is C24H22N4O. The summed E-state index contributed by atoms with van der Waals surface area (Å²) in [5, 5.41) is 18.3. The van der Waals surface area contributed by atoms with E-state index in [1.807, 2.05) is 30.3 Å². The summed E-state index contributed by atoms with van der Waals surface area (Å²) in [5.41, 5.74) is 3.74. The summed E-state index contributed by atoms with van der Waals surface area (Å²) in [7, 11) is 0. The molecule has 5 heteroatoms. The van der Waals surface area contributed by atoms with Crippen LogP contribution in [0.3, 0.4) is 0 Å². The van der Waals surface area contributed by atoms with Crippen molar-refractivity contribution in [3.8, 4) is 28.3 Å². The topological polar surface area (TPSA) is 70.1 Å². The normalized spacial score (nSPS) is 16.2. The van der Waals surface area contributed by atoms with Crippen LogP contribution in [-0.4, -0.2) is 34.2 Å². The van der Waals surface area contributed by atoms with Crippen molar-refractivity contribution in [2.75, 3.05) is 18.4 Å². The number of para-hydroxylation sites is 1. The van der Waals surface area contributed by atoms with Crippen molar-refractivity contribution in [1.82, 2.24) is 15.3 Å². The minimum atomic E-state index is 0.180. The Labute approximate surface area is 169 Å². The van der Waals surface area contributed by atoms with E-state index in [0.717, 1.165) is 47.4 Å². The van der Waals surface area contributed by atoms with Crippen molar-refractivity contribution in [3.63, 3.8) is 0 Å². The molecule has 0 radical (unpaired) electrons. The molecule has 1 saturated heterocycles. The van der Waals surface area contributed by atoms with Crippen molar-refractivity contribution >= 4 is 16.7 Å². The maximum Gasteiger partial charge on any atom is 0.165 e. The Morgan fingerprint density at radius 3 is 2.52 bits per heavy atom. The summed E-state index contributed by atoms with van der Waals surface area (Å²) in [5.74, 6) is 1.51. The van der Waals surface area contributed by atoms with E-state index in [-0.39, 0.29) is 5.75 Å². The number of anilines is 1. The molecule has 1 aliphatic heterocycles. The van der Waals surface area contributed by atoms with Gasteiger partial charge in [0.1, 0.15) is 11.6 Å². The first-order valence-electron chi connectivity index (χ1n) is 9.91. The van der Waals surface area contributed by atoms with Gasteiger partial charge in [0.25, 0.3) is 0 Å². The molecule has 5 nitrogen and oxygen atoms in total. The number of phenols is 1. The zero-order valence-corrected chi connectivity index (χ0v) is 16.0. The van der Waals surface area contributed by atoms with Crippen LogP contribution in [-0.2, 0) is 0 Å². The van der Waals surface area contributed by atoms with Crippen LogP contribution >= 0.6 is 0 Å². The molecule has 0 saturated carbocycles. The molecule has 29 heavy (non-hydrogen) atoms. The molecular weight excluding hydrogens is 360 g/mol. The number of benzene rings is 3. The lowest BCUT2D eigenvalue weighted by atomic mass is 10.0. The lowest BCUT2D eigenvalue weighted by Crippen LogP contribution is -2.23. The van der Waals surface area contributed by atoms with Gasteiger partial charge in [-0.1, -0.05) is 48.5 Å². The lowest BCUT2D eigenvalue weighted by Gasteiger charge is -2.16. The van der Waals surface area contributed by atoms with Gasteiger partial charge in [-0.05, 0) is 48.4 Å². The van der Waals surface area contributed by atoms with E-state index in [9.17, 15) is 5.11 Å². The zero-order chi connectivity index (χ0) is 19.6. The Morgan fingerprint density at radius 2 is 1.72 bits per heavy atom. The van der Waals surface area contributed by atoms with Crippen molar-refractivity contribution < 1.29 is 5.11 Å². The first kappa shape index (κ1) is 17.6. The number of hydrogen-bond donors (Lipinski definition) is 3. The molecule has 0 bridgehead atoms. The summed E-state index contributed by atoms with van der Waals surface area (Å²) in [6.45, 7) is 1.92. The molecule has 0 amide bonds. The van der Waals surface area contributed by atoms with E-state index in [1.165, 1.54) is 0 Å². The highest BCUT2D eigenvalue weighted by Crippen LogP contribution is 2.32. The van der Waals surface area contributed by atoms with Crippen LogP contribution in [0.2, 0.25) is 0 Å². The molecule has 1 unspecified atom stereocenters. The third-order valence-electron chi connectivity index (χ3n) is 5.35. The van der Waals surface area contributed by atoms with Gasteiger partial charge < -0.3 is 15.7 Å². The molecule has 1 aromatic heterocycles. The van der Waals surface area contributed by atoms with Crippen LogP contribution in [0.1, 0.15) is 6.42 Å². The van der Waals surface area contributed by atoms with Gasteiger partial charge >= 0.3 is 0 Å². The zero-order valence-electron chi connectivity index (χ0n) is 16.0. The Morgan fingerprint density at radius 1 is 0.897 bits per heavy atom. The number of nitrogens with zero attached hydrogens (tertiary/aromatic N) is 2. The minimum Gasteiger partial charge on any atom is -0.507 e. The molecule has 3 N–H and O–H groups in total. The summed E-state index contributed by atoms with van der Waals surface area (Å²) in [6.07, 6.45) is 1.06. The maximum atomic E-state index is 10.3. The fourth-order valence-corrected chi connectivity index (χ4v) is 3.80. The molecule has 5 rings (SSSR count). The maximum absolute atomic E-state index is 10.3. The Balaban J connectivity index is 1.67. The van der Waals surface area contributed by atoms with E-state index in [4.69, 9.17) is 9.97 Å². The third kappa shape index (κ3) is 3.52. The number of rotatable bonds is 4. The Kier molecular flexibility index (Phi) is 4.58. The van der Waals surface area contributed by atoms with Crippen LogP contribution in [0, 0.1) is 0 Å². The van der Waals surface area contributed by atoms with Crippen LogP contribution in [0.5, 0.6) is 5.75 Å². The second kappa shape index (κ2) is 7.53. The second-order valence-corrected chi connectivity index (χ2v) is 7.34. The van der Waals surface area contributed by atoms with Crippen LogP contribution in [0.25, 0.3) is 33.4 Å². The molecule has 4 aromatic rings. The van der Waals surface area contributed by atoms with Gasteiger partial charge in [-0.25, -0.2) is 9.97 Å². The standard InChI is InChI=1S/C24H22N4O/c29-22-9-5-4-8-20(22)24-27-21-14-17(16-6-2-1-3-7-16)10-11-19(21)23(28-24)26-18-12-13-25-15-18/h1-11,14,18,25,29H,12-13,15H2,(H,26,27,28). The summed E-state index contributed by atoms with van der Waals surface area (Å²) in [4.78, 5) is 9.59. The highest BCUT2D eigenvalue weighted by atomic mass is 16.3. The van der Waals surface area contributed by atoms with Gasteiger partial charge in [0.05, 0.1) is 11.1 Å². The molecule has 144 valence electrons. The summed E-state index contributed by atoms with van der Waals surface area (Å²) in [6, 6.07) is 24.1. The van der Waals surface area contributed by atoms with Gasteiger partial charge in [-0.2, -0.15) is 0 Å². The van der Waals surface area contributed by atoms with E-state index in [1.54, 1.807) is 12.1 Å². The van der Waals surface area contributed by atoms with Crippen LogP contribution < -0.4 is 10.6 Å². The number of aromatic hydroxyl groups is 1. The molecule has 1 atom stereocenters. The largest absolute Gasteiger partial charge is 0.507 e. The van der Waals surface area contributed by atoms with E-state index in [0.29, 0.717) is 17.4 Å². The van der Waals surface area contributed by atoms with Gasteiger partial charge in [0.2, 0.25) is 0 Å². The molecule has 0 aliphatic carbocycles. The predicted octanol–water partition coefficient (Wildman–Crippen LogP) is 4.44.